The summed E-state index contributed by atoms with van der Waals surface area (Å²) in [4.78, 5) is 2.11. The Morgan fingerprint density at radius 1 is 1.12 bits per heavy atom. The molecule has 1 aromatic heterocycles. The minimum Gasteiger partial charge on any atom is -0.508 e. The van der Waals surface area contributed by atoms with Crippen LogP contribution in [0.15, 0.2) is 58.8 Å². The van der Waals surface area contributed by atoms with E-state index in [-0.39, 0.29) is 11.2 Å². The second kappa shape index (κ2) is 7.72. The topological polar surface area (TPSA) is 47.3 Å². The third kappa shape index (κ3) is 5.02. The maximum atomic E-state index is 9.49. The van der Waals surface area contributed by atoms with Gasteiger partial charge in [-0.3, -0.25) is 5.41 Å². The van der Waals surface area contributed by atoms with E-state index in [1.807, 2.05) is 18.2 Å². The maximum absolute atomic E-state index is 9.49. The molecule has 0 fully saturated rings. The summed E-state index contributed by atoms with van der Waals surface area (Å²) in [5, 5.41) is 20.0. The highest BCUT2D eigenvalue weighted by Gasteiger charge is 2.20. The molecule has 5 heteroatoms. The van der Waals surface area contributed by atoms with Gasteiger partial charge in [-0.15, -0.1) is 11.3 Å². The van der Waals surface area contributed by atoms with Gasteiger partial charge in [0.15, 0.2) is 5.17 Å². The molecule has 0 atom stereocenters. The van der Waals surface area contributed by atoms with Crippen LogP contribution in [0.1, 0.15) is 26.3 Å². The van der Waals surface area contributed by atoms with Gasteiger partial charge in [0.25, 0.3) is 0 Å². The minimum atomic E-state index is 0.0872. The summed E-state index contributed by atoms with van der Waals surface area (Å²) < 4.78 is 2.39. The second-order valence-corrected chi connectivity index (χ2v) is 9.97. The first kappa shape index (κ1) is 18.8. The lowest BCUT2D eigenvalue weighted by atomic mass is 9.96. The summed E-state index contributed by atoms with van der Waals surface area (Å²) in [6.45, 7) is 8.02. The van der Waals surface area contributed by atoms with Gasteiger partial charge >= 0.3 is 0 Å². The molecule has 3 rings (SSSR count). The predicted octanol–water partition coefficient (Wildman–Crippen LogP) is 6.18. The fourth-order valence-electron chi connectivity index (χ4n) is 2.76. The summed E-state index contributed by atoms with van der Waals surface area (Å²) in [5.41, 5.74) is 1.18. The molecule has 136 valence electrons. The molecule has 1 heterocycles. The lowest BCUT2D eigenvalue weighted by Crippen LogP contribution is -2.35. The molecule has 0 saturated heterocycles. The van der Waals surface area contributed by atoms with Crippen LogP contribution >= 0.6 is 23.1 Å². The average molecular weight is 385 g/mol. The molecular formula is C21H24N2OS2. The number of fused-ring (bicyclic) bond motifs is 1. The van der Waals surface area contributed by atoms with Crippen LogP contribution in [0.4, 0.5) is 0 Å². The molecular weight excluding hydrogens is 360 g/mol. The predicted molar refractivity (Wildman–Crippen MR) is 113 cm³/mol. The number of hydrogen-bond acceptors (Lipinski definition) is 4. The number of hydrogen-bond donors (Lipinski definition) is 2. The van der Waals surface area contributed by atoms with E-state index >= 15 is 0 Å². The van der Waals surface area contributed by atoms with Crippen LogP contribution in [0, 0.1) is 10.8 Å². The molecule has 0 aliphatic carbocycles. The average Bonchev–Trinajstić information content (AvgIpc) is 2.97. The number of phenolic OH excluding ortho intramolecular Hbond substituents is 1. The molecule has 3 nitrogen and oxygen atoms in total. The van der Waals surface area contributed by atoms with E-state index in [1.165, 1.54) is 21.8 Å². The Balaban J connectivity index is 1.78. The molecule has 0 aliphatic rings. The van der Waals surface area contributed by atoms with Gasteiger partial charge in [-0.25, -0.2) is 0 Å². The summed E-state index contributed by atoms with van der Waals surface area (Å²) in [6, 6.07) is 17.7. The van der Waals surface area contributed by atoms with Crippen LogP contribution in [-0.4, -0.2) is 21.7 Å². The lowest BCUT2D eigenvalue weighted by Gasteiger charge is -2.31. The van der Waals surface area contributed by atoms with Crippen molar-refractivity contribution in [3.63, 3.8) is 0 Å². The summed E-state index contributed by atoms with van der Waals surface area (Å²) in [6.07, 6.45) is 0. The van der Waals surface area contributed by atoms with Crippen LogP contribution in [0.5, 0.6) is 5.75 Å². The standard InChI is InChI=1S/C21H24N2OS2/c1-21(2,3)14-23(13-15-8-10-17(24)11-9-15)20(22)26-19-12-16-6-4-5-7-18(16)25-19/h4-12,22,24H,13-14H2,1-3H3. The number of amidine groups is 1. The van der Waals surface area contributed by atoms with E-state index in [1.54, 1.807) is 23.5 Å². The van der Waals surface area contributed by atoms with Crippen molar-refractivity contribution in [2.75, 3.05) is 6.54 Å². The van der Waals surface area contributed by atoms with Crippen LogP contribution in [-0.2, 0) is 6.54 Å². The van der Waals surface area contributed by atoms with Crippen molar-refractivity contribution in [1.29, 1.82) is 5.41 Å². The summed E-state index contributed by atoms with van der Waals surface area (Å²) >= 11 is 3.25. The van der Waals surface area contributed by atoms with Crippen LogP contribution < -0.4 is 0 Å². The SMILES string of the molecule is CC(C)(C)CN(Cc1ccc(O)cc1)C(=N)Sc1cc2ccccc2s1. The van der Waals surface area contributed by atoms with Gasteiger partial charge in [0.2, 0.25) is 0 Å². The largest absolute Gasteiger partial charge is 0.508 e. The second-order valence-electron chi connectivity index (χ2n) is 7.59. The first-order chi connectivity index (χ1) is 12.3. The van der Waals surface area contributed by atoms with Crippen molar-refractivity contribution >= 4 is 38.4 Å². The van der Waals surface area contributed by atoms with Crippen molar-refractivity contribution in [1.82, 2.24) is 4.90 Å². The fraction of sp³-hybridized carbons (Fsp3) is 0.286. The first-order valence-electron chi connectivity index (χ1n) is 8.58. The number of benzene rings is 2. The van der Waals surface area contributed by atoms with Crippen molar-refractivity contribution in [2.45, 2.75) is 31.5 Å². The van der Waals surface area contributed by atoms with E-state index in [0.29, 0.717) is 11.7 Å². The Morgan fingerprint density at radius 2 is 1.81 bits per heavy atom. The quantitative estimate of drug-likeness (QED) is 0.321. The molecule has 26 heavy (non-hydrogen) atoms. The van der Waals surface area contributed by atoms with Crippen molar-refractivity contribution in [3.05, 3.63) is 60.2 Å². The number of nitrogens with one attached hydrogen (secondary N) is 1. The normalized spacial score (nSPS) is 11.7. The molecule has 3 aromatic rings. The zero-order chi connectivity index (χ0) is 18.7. The smallest absolute Gasteiger partial charge is 0.162 e. The van der Waals surface area contributed by atoms with Crippen LogP contribution in [0.2, 0.25) is 0 Å². The lowest BCUT2D eigenvalue weighted by molar-refractivity contribution is 0.272. The van der Waals surface area contributed by atoms with Crippen LogP contribution in [0.25, 0.3) is 10.1 Å². The van der Waals surface area contributed by atoms with Gasteiger partial charge in [0.05, 0.1) is 4.21 Å². The molecule has 0 bridgehead atoms. The number of aromatic hydroxyl groups is 1. The molecule has 0 unspecified atom stereocenters. The zero-order valence-corrected chi connectivity index (χ0v) is 17.0. The van der Waals surface area contributed by atoms with Crippen LogP contribution in [0.3, 0.4) is 0 Å². The number of phenols is 1. The van der Waals surface area contributed by atoms with Crippen molar-refractivity contribution in [3.8, 4) is 5.75 Å². The Morgan fingerprint density at radius 3 is 2.46 bits per heavy atom. The number of rotatable bonds is 4. The number of nitrogens with zero attached hydrogens (tertiary/aromatic N) is 1. The first-order valence-corrected chi connectivity index (χ1v) is 10.2. The highest BCUT2D eigenvalue weighted by Crippen LogP contribution is 2.34. The summed E-state index contributed by atoms with van der Waals surface area (Å²) in [5.74, 6) is 0.269. The van der Waals surface area contributed by atoms with Gasteiger partial charge in [-0.1, -0.05) is 51.1 Å². The molecule has 2 aromatic carbocycles. The zero-order valence-electron chi connectivity index (χ0n) is 15.3. The van der Waals surface area contributed by atoms with E-state index in [4.69, 9.17) is 5.41 Å². The van der Waals surface area contributed by atoms with Gasteiger partial charge in [-0.2, -0.15) is 0 Å². The Kier molecular flexibility index (Phi) is 5.58. The minimum absolute atomic E-state index is 0.0872. The Bertz CT molecular complexity index is 861. The third-order valence-electron chi connectivity index (χ3n) is 3.86. The van der Waals surface area contributed by atoms with Gasteiger partial charge in [0.1, 0.15) is 5.75 Å². The Labute approximate surface area is 163 Å². The Hall–Kier alpha value is -1.98. The molecule has 0 radical (unpaired) electrons. The van der Waals surface area contributed by atoms with E-state index in [9.17, 15) is 5.11 Å². The fourth-order valence-corrected chi connectivity index (χ4v) is 4.86. The third-order valence-corrected chi connectivity index (χ3v) is 6.04. The van der Waals surface area contributed by atoms with E-state index in [2.05, 4.69) is 49.9 Å². The number of thiophene rings is 1. The number of thioether (sulfide) groups is 1. The summed E-state index contributed by atoms with van der Waals surface area (Å²) in [7, 11) is 0. The van der Waals surface area contributed by atoms with Crippen molar-refractivity contribution < 1.29 is 5.11 Å². The van der Waals surface area contributed by atoms with E-state index < -0.39 is 0 Å². The van der Waals surface area contributed by atoms with Gasteiger partial charge in [0, 0.05) is 17.8 Å². The molecule has 0 amide bonds. The molecule has 2 N–H and O–H groups in total. The molecule has 0 saturated carbocycles. The van der Waals surface area contributed by atoms with Gasteiger partial charge in [-0.05, 0) is 52.4 Å². The molecule has 0 spiro atoms. The van der Waals surface area contributed by atoms with Crippen molar-refractivity contribution in [2.24, 2.45) is 5.41 Å². The molecule has 0 aliphatic heterocycles. The monoisotopic (exact) mass is 384 g/mol. The highest BCUT2D eigenvalue weighted by molar-refractivity contribution is 8.15. The maximum Gasteiger partial charge on any atom is 0.162 e. The van der Waals surface area contributed by atoms with E-state index in [0.717, 1.165) is 16.3 Å². The highest BCUT2D eigenvalue weighted by atomic mass is 32.2. The van der Waals surface area contributed by atoms with Gasteiger partial charge < -0.3 is 10.0 Å².